The molecule has 1 saturated heterocycles. The van der Waals surface area contributed by atoms with Gasteiger partial charge in [-0.25, -0.2) is 19.6 Å². The molecule has 1 atom stereocenters. The van der Waals surface area contributed by atoms with Crippen molar-refractivity contribution in [1.29, 1.82) is 0 Å². The summed E-state index contributed by atoms with van der Waals surface area (Å²) in [5.74, 6) is -1.38. The Kier molecular flexibility index (Phi) is 4.72. The maximum absolute atomic E-state index is 12.1. The molecule has 8 nitrogen and oxygen atoms in total. The lowest BCUT2D eigenvalue weighted by molar-refractivity contribution is 0.0237. The number of carbonyl (C=O) groups is 2. The fourth-order valence-corrected chi connectivity index (χ4v) is 2.37. The van der Waals surface area contributed by atoms with Crippen molar-refractivity contribution >= 4 is 17.7 Å². The zero-order valence-corrected chi connectivity index (χ0v) is 13.8. The lowest BCUT2D eigenvalue weighted by atomic mass is 10.2. The third-order valence-electron chi connectivity index (χ3n) is 3.59. The molecule has 1 aromatic rings. The second kappa shape index (κ2) is 6.39. The number of carbonyl (C=O) groups excluding carboxylic acids is 1. The highest BCUT2D eigenvalue weighted by Crippen LogP contribution is 2.22. The van der Waals surface area contributed by atoms with Crippen molar-refractivity contribution in [2.45, 2.75) is 38.8 Å². The van der Waals surface area contributed by atoms with Gasteiger partial charge in [-0.3, -0.25) is 0 Å². The number of hydrogen-bond donors (Lipinski definition) is 1. The molecule has 2 heterocycles. The summed E-state index contributed by atoms with van der Waals surface area (Å²) < 4.78 is 5.37. The van der Waals surface area contributed by atoms with Crippen LogP contribution in [0.1, 0.15) is 37.8 Å². The Morgan fingerprint density at radius 3 is 2.48 bits per heavy atom. The van der Waals surface area contributed by atoms with Gasteiger partial charge in [0.15, 0.2) is 0 Å². The normalized spacial score (nSPS) is 17.9. The minimum atomic E-state index is -1.15. The molecule has 126 valence electrons. The van der Waals surface area contributed by atoms with Gasteiger partial charge in [-0.2, -0.15) is 0 Å². The second-order valence-electron chi connectivity index (χ2n) is 6.55. The largest absolute Gasteiger partial charge is 0.475 e. The first-order valence-corrected chi connectivity index (χ1v) is 7.43. The van der Waals surface area contributed by atoms with Crippen LogP contribution in [0.4, 0.5) is 10.5 Å². The van der Waals surface area contributed by atoms with E-state index in [-0.39, 0.29) is 18.0 Å². The molecule has 8 heteroatoms. The van der Waals surface area contributed by atoms with Crippen LogP contribution in [0.5, 0.6) is 0 Å². The van der Waals surface area contributed by atoms with E-state index >= 15 is 0 Å². The Labute approximate surface area is 135 Å². The highest BCUT2D eigenvalue weighted by Gasteiger charge is 2.31. The van der Waals surface area contributed by atoms with Gasteiger partial charge in [-0.1, -0.05) is 0 Å². The number of ether oxygens (including phenoxy) is 1. The SMILES string of the molecule is CN(C(=O)OC(C)(C)C)[C@@H]1CCN(c2cnc(C(=O)O)nc2)C1. The number of aromatic carboxylic acids is 1. The molecule has 0 aliphatic carbocycles. The van der Waals surface area contributed by atoms with Crippen LogP contribution in [-0.2, 0) is 4.74 Å². The summed E-state index contributed by atoms with van der Waals surface area (Å²) in [6, 6.07) is 0.0315. The molecule has 0 radical (unpaired) electrons. The van der Waals surface area contributed by atoms with Crippen molar-refractivity contribution in [2.24, 2.45) is 0 Å². The molecule has 1 aliphatic rings. The predicted molar refractivity (Wildman–Crippen MR) is 83.6 cm³/mol. The summed E-state index contributed by atoms with van der Waals surface area (Å²) in [7, 11) is 1.73. The third-order valence-corrected chi connectivity index (χ3v) is 3.59. The summed E-state index contributed by atoms with van der Waals surface area (Å²) in [5.41, 5.74) is 0.222. The van der Waals surface area contributed by atoms with Crippen LogP contribution < -0.4 is 4.90 Å². The lowest BCUT2D eigenvalue weighted by Crippen LogP contribution is -2.42. The van der Waals surface area contributed by atoms with Gasteiger partial charge in [0.25, 0.3) is 0 Å². The van der Waals surface area contributed by atoms with E-state index in [1.54, 1.807) is 11.9 Å². The maximum atomic E-state index is 12.1. The summed E-state index contributed by atoms with van der Waals surface area (Å²) in [6.45, 7) is 6.88. The first-order valence-electron chi connectivity index (χ1n) is 7.43. The van der Waals surface area contributed by atoms with E-state index in [2.05, 4.69) is 9.97 Å². The van der Waals surface area contributed by atoms with E-state index in [4.69, 9.17) is 9.84 Å². The van der Waals surface area contributed by atoms with E-state index in [0.717, 1.165) is 18.7 Å². The molecule has 2 rings (SSSR count). The van der Waals surface area contributed by atoms with Crippen LogP contribution in [0.15, 0.2) is 12.4 Å². The van der Waals surface area contributed by atoms with Crippen LogP contribution >= 0.6 is 0 Å². The van der Waals surface area contributed by atoms with Gasteiger partial charge in [-0.15, -0.1) is 0 Å². The van der Waals surface area contributed by atoms with Crippen LogP contribution in [0.25, 0.3) is 0 Å². The second-order valence-corrected chi connectivity index (χ2v) is 6.55. The first-order chi connectivity index (χ1) is 10.7. The average molecular weight is 322 g/mol. The van der Waals surface area contributed by atoms with Gasteiger partial charge in [0.2, 0.25) is 5.82 Å². The third kappa shape index (κ3) is 4.30. The number of anilines is 1. The minimum absolute atomic E-state index is 0.0315. The van der Waals surface area contributed by atoms with Crippen LogP contribution in [-0.4, -0.2) is 63.8 Å². The Morgan fingerprint density at radius 2 is 1.96 bits per heavy atom. The topological polar surface area (TPSA) is 95.9 Å². The zero-order chi connectivity index (χ0) is 17.2. The van der Waals surface area contributed by atoms with E-state index in [1.807, 2.05) is 25.7 Å². The molecule has 1 aromatic heterocycles. The van der Waals surface area contributed by atoms with Crippen LogP contribution in [0, 0.1) is 0 Å². The number of likely N-dealkylation sites (N-methyl/N-ethyl adjacent to an activating group) is 1. The van der Waals surface area contributed by atoms with E-state index < -0.39 is 11.6 Å². The lowest BCUT2D eigenvalue weighted by Gasteiger charge is -2.28. The molecule has 1 N–H and O–H groups in total. The van der Waals surface area contributed by atoms with Crippen molar-refractivity contribution < 1.29 is 19.4 Å². The monoisotopic (exact) mass is 322 g/mol. The smallest absolute Gasteiger partial charge is 0.410 e. The molecule has 23 heavy (non-hydrogen) atoms. The predicted octanol–water partition coefficient (Wildman–Crippen LogP) is 1.62. The molecule has 0 unspecified atom stereocenters. The van der Waals surface area contributed by atoms with Gasteiger partial charge in [0.05, 0.1) is 24.1 Å². The molecule has 0 spiro atoms. The maximum Gasteiger partial charge on any atom is 0.410 e. The highest BCUT2D eigenvalue weighted by molar-refractivity contribution is 5.83. The van der Waals surface area contributed by atoms with Gasteiger partial charge in [0.1, 0.15) is 5.60 Å². The Morgan fingerprint density at radius 1 is 1.35 bits per heavy atom. The van der Waals surface area contributed by atoms with Gasteiger partial charge < -0.3 is 19.6 Å². The Hall–Kier alpha value is -2.38. The van der Waals surface area contributed by atoms with Gasteiger partial charge in [0, 0.05) is 20.1 Å². The Bertz CT molecular complexity index is 582. The standard InChI is InChI=1S/C15H22N4O4/c1-15(2,3)23-14(22)18(4)10-5-6-19(9-10)11-7-16-12(13(20)21)17-8-11/h7-8,10H,5-6,9H2,1-4H3,(H,20,21)/t10-/m1/s1. The molecule has 0 saturated carbocycles. The highest BCUT2D eigenvalue weighted by atomic mass is 16.6. The molecular weight excluding hydrogens is 300 g/mol. The molecule has 0 bridgehead atoms. The van der Waals surface area contributed by atoms with Crippen LogP contribution in [0.3, 0.4) is 0 Å². The van der Waals surface area contributed by atoms with Crippen LogP contribution in [0.2, 0.25) is 0 Å². The first kappa shape index (κ1) is 17.0. The summed E-state index contributed by atoms with van der Waals surface area (Å²) in [4.78, 5) is 34.1. The van der Waals surface area contributed by atoms with Crippen molar-refractivity contribution in [2.75, 3.05) is 25.0 Å². The molecule has 1 amide bonds. The number of hydrogen-bond acceptors (Lipinski definition) is 6. The summed E-state index contributed by atoms with van der Waals surface area (Å²) >= 11 is 0. The van der Waals surface area contributed by atoms with Crippen molar-refractivity contribution in [3.63, 3.8) is 0 Å². The van der Waals surface area contributed by atoms with E-state index in [9.17, 15) is 9.59 Å². The number of amides is 1. The number of rotatable bonds is 3. The van der Waals surface area contributed by atoms with Crippen molar-refractivity contribution in [3.8, 4) is 0 Å². The summed E-state index contributed by atoms with van der Waals surface area (Å²) in [5, 5.41) is 8.81. The average Bonchev–Trinajstić information content (AvgIpc) is 2.94. The van der Waals surface area contributed by atoms with Crippen molar-refractivity contribution in [1.82, 2.24) is 14.9 Å². The molecule has 0 aromatic carbocycles. The number of nitrogens with zero attached hydrogens (tertiary/aromatic N) is 4. The fourth-order valence-electron chi connectivity index (χ4n) is 2.37. The minimum Gasteiger partial charge on any atom is -0.475 e. The number of aromatic nitrogens is 2. The quantitative estimate of drug-likeness (QED) is 0.903. The van der Waals surface area contributed by atoms with E-state index in [1.165, 1.54) is 12.4 Å². The van der Waals surface area contributed by atoms with Gasteiger partial charge in [-0.05, 0) is 27.2 Å². The summed E-state index contributed by atoms with van der Waals surface area (Å²) in [6.07, 6.45) is 3.44. The fraction of sp³-hybridized carbons (Fsp3) is 0.600. The van der Waals surface area contributed by atoms with E-state index in [0.29, 0.717) is 6.54 Å². The molecule has 1 fully saturated rings. The number of carboxylic acid groups (broad SMARTS) is 1. The molecule has 1 aliphatic heterocycles. The Balaban J connectivity index is 1.97. The van der Waals surface area contributed by atoms with Gasteiger partial charge >= 0.3 is 12.1 Å². The van der Waals surface area contributed by atoms with Crippen molar-refractivity contribution in [3.05, 3.63) is 18.2 Å². The number of carboxylic acids is 1. The zero-order valence-electron chi connectivity index (χ0n) is 13.8. The molecular formula is C15H22N4O4.